The number of fused-ring (bicyclic) bond motifs is 1. The molecule has 0 unspecified atom stereocenters. The zero-order chi connectivity index (χ0) is 13.9. The maximum Gasteiger partial charge on any atom is 0.262 e. The molecule has 104 valence electrons. The highest BCUT2D eigenvalue weighted by molar-refractivity contribution is 5.98. The Balaban J connectivity index is 1.86. The van der Waals surface area contributed by atoms with Crippen molar-refractivity contribution in [1.82, 2.24) is 9.80 Å². The van der Waals surface area contributed by atoms with E-state index in [0.29, 0.717) is 18.0 Å². The highest BCUT2D eigenvalue weighted by Gasteiger charge is 2.25. The number of carbonyl (C=O) groups excluding carboxylic acids is 1. The summed E-state index contributed by atoms with van der Waals surface area (Å²) < 4.78 is 5.59. The molecule has 0 spiro atoms. The molecule has 1 aromatic rings. The molecule has 1 amide bonds. The van der Waals surface area contributed by atoms with Crippen LogP contribution in [0.15, 0.2) is 48.4 Å². The van der Waals surface area contributed by atoms with Crippen LogP contribution in [-0.2, 0) is 0 Å². The van der Waals surface area contributed by atoms with E-state index in [1.165, 1.54) is 0 Å². The van der Waals surface area contributed by atoms with Crippen LogP contribution in [0, 0.1) is 0 Å². The minimum atomic E-state index is 0.00130. The number of hydrogen-bond acceptors (Lipinski definition) is 3. The lowest BCUT2D eigenvalue weighted by Crippen LogP contribution is -2.41. The predicted octanol–water partition coefficient (Wildman–Crippen LogP) is 2.60. The lowest BCUT2D eigenvalue weighted by molar-refractivity contribution is 0.0713. The SMILES string of the molecule is CC1=COc2ccccc2C(=O)N1CN1CC=CCC1. The average molecular weight is 270 g/mol. The molecule has 0 N–H and O–H groups in total. The minimum absolute atomic E-state index is 0.00130. The third kappa shape index (κ3) is 2.47. The van der Waals surface area contributed by atoms with Gasteiger partial charge < -0.3 is 4.74 Å². The van der Waals surface area contributed by atoms with Gasteiger partial charge in [-0.2, -0.15) is 0 Å². The van der Waals surface area contributed by atoms with Gasteiger partial charge >= 0.3 is 0 Å². The Morgan fingerprint density at radius 1 is 1.25 bits per heavy atom. The van der Waals surface area contributed by atoms with Gasteiger partial charge in [-0.15, -0.1) is 0 Å². The maximum absolute atomic E-state index is 12.7. The summed E-state index contributed by atoms with van der Waals surface area (Å²) in [6.07, 6.45) is 7.03. The summed E-state index contributed by atoms with van der Waals surface area (Å²) in [6.45, 7) is 4.38. The van der Waals surface area contributed by atoms with E-state index < -0.39 is 0 Å². The predicted molar refractivity (Wildman–Crippen MR) is 77.2 cm³/mol. The summed E-state index contributed by atoms with van der Waals surface area (Å²) in [5.41, 5.74) is 1.45. The van der Waals surface area contributed by atoms with Gasteiger partial charge in [-0.25, -0.2) is 0 Å². The zero-order valence-electron chi connectivity index (χ0n) is 11.6. The van der Waals surface area contributed by atoms with Crippen molar-refractivity contribution in [3.05, 3.63) is 53.9 Å². The van der Waals surface area contributed by atoms with Crippen LogP contribution in [0.1, 0.15) is 23.7 Å². The molecule has 0 atom stereocenters. The number of para-hydroxylation sites is 1. The van der Waals surface area contributed by atoms with Crippen LogP contribution >= 0.6 is 0 Å². The highest BCUT2D eigenvalue weighted by Crippen LogP contribution is 2.25. The monoisotopic (exact) mass is 270 g/mol. The van der Waals surface area contributed by atoms with Crippen LogP contribution in [0.2, 0.25) is 0 Å². The molecule has 0 aromatic heterocycles. The minimum Gasteiger partial charge on any atom is -0.462 e. The third-order valence-corrected chi connectivity index (χ3v) is 3.63. The molecule has 2 aliphatic heterocycles. The smallest absolute Gasteiger partial charge is 0.262 e. The van der Waals surface area contributed by atoms with Crippen LogP contribution in [-0.4, -0.2) is 35.5 Å². The number of nitrogens with zero attached hydrogens (tertiary/aromatic N) is 2. The lowest BCUT2D eigenvalue weighted by atomic mass is 10.1. The molecule has 0 saturated carbocycles. The number of rotatable bonds is 2. The average Bonchev–Trinajstić information content (AvgIpc) is 2.61. The molecule has 0 fully saturated rings. The number of hydrogen-bond donors (Lipinski definition) is 0. The Hall–Kier alpha value is -2.07. The fraction of sp³-hybridized carbons (Fsp3) is 0.312. The fourth-order valence-electron chi connectivity index (χ4n) is 2.46. The number of benzene rings is 1. The Labute approximate surface area is 118 Å². The van der Waals surface area contributed by atoms with Gasteiger partial charge in [0.15, 0.2) is 0 Å². The van der Waals surface area contributed by atoms with Crippen molar-refractivity contribution in [2.45, 2.75) is 13.3 Å². The van der Waals surface area contributed by atoms with E-state index in [1.807, 2.05) is 31.2 Å². The second-order valence-corrected chi connectivity index (χ2v) is 5.08. The molecule has 4 nitrogen and oxygen atoms in total. The van der Waals surface area contributed by atoms with Crippen LogP contribution in [0.5, 0.6) is 5.75 Å². The van der Waals surface area contributed by atoms with Crippen LogP contribution in [0.3, 0.4) is 0 Å². The van der Waals surface area contributed by atoms with Gasteiger partial charge in [0.1, 0.15) is 12.0 Å². The Morgan fingerprint density at radius 3 is 2.90 bits per heavy atom. The molecule has 2 heterocycles. The molecule has 0 aliphatic carbocycles. The Bertz CT molecular complexity index is 578. The van der Waals surface area contributed by atoms with E-state index in [2.05, 4.69) is 17.1 Å². The van der Waals surface area contributed by atoms with E-state index in [4.69, 9.17) is 4.74 Å². The zero-order valence-corrected chi connectivity index (χ0v) is 11.6. The van der Waals surface area contributed by atoms with E-state index in [9.17, 15) is 4.79 Å². The normalized spacial score (nSPS) is 19.1. The van der Waals surface area contributed by atoms with Gasteiger partial charge in [-0.05, 0) is 25.5 Å². The summed E-state index contributed by atoms with van der Waals surface area (Å²) in [7, 11) is 0. The van der Waals surface area contributed by atoms with Gasteiger partial charge in [0, 0.05) is 13.1 Å². The van der Waals surface area contributed by atoms with Crippen molar-refractivity contribution in [3.63, 3.8) is 0 Å². The molecule has 2 aliphatic rings. The van der Waals surface area contributed by atoms with Crippen molar-refractivity contribution in [2.75, 3.05) is 19.8 Å². The Kier molecular flexibility index (Phi) is 3.56. The van der Waals surface area contributed by atoms with Crippen LogP contribution in [0.4, 0.5) is 0 Å². The van der Waals surface area contributed by atoms with Gasteiger partial charge in [-0.1, -0.05) is 24.3 Å². The van der Waals surface area contributed by atoms with Crippen LogP contribution < -0.4 is 4.74 Å². The molecule has 0 bridgehead atoms. The summed E-state index contributed by atoms with van der Waals surface area (Å²) in [4.78, 5) is 16.7. The van der Waals surface area contributed by atoms with E-state index >= 15 is 0 Å². The van der Waals surface area contributed by atoms with Gasteiger partial charge in [0.25, 0.3) is 5.91 Å². The second-order valence-electron chi connectivity index (χ2n) is 5.08. The first kappa shape index (κ1) is 12.9. The first-order chi connectivity index (χ1) is 9.75. The molecular weight excluding hydrogens is 252 g/mol. The van der Waals surface area contributed by atoms with Crippen molar-refractivity contribution >= 4 is 5.91 Å². The lowest BCUT2D eigenvalue weighted by Gasteiger charge is -2.30. The van der Waals surface area contributed by atoms with Crippen LogP contribution in [0.25, 0.3) is 0 Å². The quantitative estimate of drug-likeness (QED) is 0.774. The molecule has 0 saturated heterocycles. The van der Waals surface area contributed by atoms with Crippen molar-refractivity contribution in [3.8, 4) is 5.75 Å². The molecule has 3 rings (SSSR count). The number of carbonyl (C=O) groups is 1. The highest BCUT2D eigenvalue weighted by atomic mass is 16.5. The molecule has 20 heavy (non-hydrogen) atoms. The second kappa shape index (κ2) is 5.51. The van der Waals surface area contributed by atoms with E-state index in [0.717, 1.165) is 25.2 Å². The molecule has 1 aromatic carbocycles. The standard InChI is InChI=1S/C16H18N2O2/c1-13-11-20-15-8-4-3-7-14(15)16(19)18(13)12-17-9-5-2-6-10-17/h2-5,7-8,11H,6,9-10,12H2,1H3. The van der Waals surface area contributed by atoms with E-state index in [1.54, 1.807) is 11.2 Å². The molecule has 0 radical (unpaired) electrons. The summed E-state index contributed by atoms with van der Waals surface area (Å²) in [6, 6.07) is 7.38. The van der Waals surface area contributed by atoms with Crippen molar-refractivity contribution in [1.29, 1.82) is 0 Å². The Morgan fingerprint density at radius 2 is 2.10 bits per heavy atom. The number of amides is 1. The van der Waals surface area contributed by atoms with Crippen molar-refractivity contribution < 1.29 is 9.53 Å². The number of ether oxygens (including phenoxy) is 1. The van der Waals surface area contributed by atoms with Gasteiger partial charge in [0.05, 0.1) is 17.9 Å². The molecular formula is C16H18N2O2. The van der Waals surface area contributed by atoms with Gasteiger partial charge in [0.2, 0.25) is 0 Å². The maximum atomic E-state index is 12.7. The van der Waals surface area contributed by atoms with Crippen molar-refractivity contribution in [2.24, 2.45) is 0 Å². The third-order valence-electron chi connectivity index (χ3n) is 3.63. The summed E-state index contributed by atoms with van der Waals surface area (Å²) in [5, 5.41) is 0. The topological polar surface area (TPSA) is 32.8 Å². The van der Waals surface area contributed by atoms with E-state index in [-0.39, 0.29) is 5.91 Å². The fourth-order valence-corrected chi connectivity index (χ4v) is 2.46. The van der Waals surface area contributed by atoms with Gasteiger partial charge in [-0.3, -0.25) is 14.6 Å². The first-order valence-electron chi connectivity index (χ1n) is 6.87. The summed E-state index contributed by atoms with van der Waals surface area (Å²) in [5.74, 6) is 0.624. The molecule has 4 heteroatoms. The largest absolute Gasteiger partial charge is 0.462 e. The number of allylic oxidation sites excluding steroid dienone is 1. The first-order valence-corrected chi connectivity index (χ1v) is 6.87. The summed E-state index contributed by atoms with van der Waals surface area (Å²) >= 11 is 0.